The summed E-state index contributed by atoms with van der Waals surface area (Å²) in [6.45, 7) is 2.15. The first-order chi connectivity index (χ1) is 6.77. The minimum absolute atomic E-state index is 0.232. The Kier molecular flexibility index (Phi) is 2.82. The Bertz CT molecular complexity index is 321. The number of phenolic OH excluding ortho intramolecular Hbond substituents is 1. The summed E-state index contributed by atoms with van der Waals surface area (Å²) >= 11 is 6.06. The maximum absolute atomic E-state index is 9.23. The van der Waals surface area contributed by atoms with Crippen molar-refractivity contribution in [1.82, 2.24) is 0 Å². The molecular formula is C11H14ClNO. The van der Waals surface area contributed by atoms with Crippen molar-refractivity contribution in [2.75, 3.05) is 18.0 Å². The van der Waals surface area contributed by atoms with Crippen molar-refractivity contribution in [1.29, 1.82) is 0 Å². The zero-order valence-corrected chi connectivity index (χ0v) is 8.80. The minimum Gasteiger partial charge on any atom is -0.508 e. The van der Waals surface area contributed by atoms with Crippen LogP contribution >= 0.6 is 11.6 Å². The van der Waals surface area contributed by atoms with Gasteiger partial charge >= 0.3 is 0 Å². The molecule has 1 aliphatic rings. The number of hydrogen-bond donors (Lipinski definition) is 1. The number of phenols is 1. The molecule has 0 aliphatic carbocycles. The monoisotopic (exact) mass is 211 g/mol. The first-order valence-electron chi connectivity index (χ1n) is 5.01. The van der Waals surface area contributed by atoms with Crippen LogP contribution in [0.25, 0.3) is 0 Å². The zero-order valence-electron chi connectivity index (χ0n) is 8.04. The molecule has 2 nitrogen and oxygen atoms in total. The van der Waals surface area contributed by atoms with Crippen LogP contribution in [-0.2, 0) is 0 Å². The molecule has 0 spiro atoms. The Morgan fingerprint density at radius 1 is 1.14 bits per heavy atom. The van der Waals surface area contributed by atoms with Crippen molar-refractivity contribution < 1.29 is 5.11 Å². The van der Waals surface area contributed by atoms with E-state index in [0.717, 1.165) is 18.8 Å². The van der Waals surface area contributed by atoms with Gasteiger partial charge in [0.05, 0.1) is 10.7 Å². The number of nitrogens with zero attached hydrogens (tertiary/aromatic N) is 1. The Morgan fingerprint density at radius 3 is 2.50 bits per heavy atom. The van der Waals surface area contributed by atoms with Gasteiger partial charge in [0.15, 0.2) is 0 Å². The third-order valence-electron chi connectivity index (χ3n) is 2.63. The van der Waals surface area contributed by atoms with Gasteiger partial charge in [-0.1, -0.05) is 11.6 Å². The summed E-state index contributed by atoms with van der Waals surface area (Å²) in [4.78, 5) is 2.28. The molecule has 1 heterocycles. The van der Waals surface area contributed by atoms with Gasteiger partial charge in [-0.15, -0.1) is 0 Å². The Labute approximate surface area is 89.1 Å². The summed E-state index contributed by atoms with van der Waals surface area (Å²) in [5.41, 5.74) is 1.05. The summed E-state index contributed by atoms with van der Waals surface area (Å²) in [5.74, 6) is 0.232. The van der Waals surface area contributed by atoms with E-state index >= 15 is 0 Å². The third-order valence-corrected chi connectivity index (χ3v) is 2.93. The van der Waals surface area contributed by atoms with Gasteiger partial charge in [-0.05, 0) is 31.4 Å². The average Bonchev–Trinajstić information content (AvgIpc) is 2.19. The molecule has 3 heteroatoms. The molecule has 1 N–H and O–H groups in total. The van der Waals surface area contributed by atoms with E-state index in [1.807, 2.05) is 6.07 Å². The normalized spacial score (nSPS) is 17.1. The minimum atomic E-state index is 0.232. The molecule has 1 aliphatic heterocycles. The van der Waals surface area contributed by atoms with Gasteiger partial charge in [-0.25, -0.2) is 0 Å². The van der Waals surface area contributed by atoms with Gasteiger partial charge in [0.2, 0.25) is 0 Å². The fourth-order valence-corrected chi connectivity index (χ4v) is 2.18. The highest BCUT2D eigenvalue weighted by Gasteiger charge is 2.13. The van der Waals surface area contributed by atoms with Crippen LogP contribution in [-0.4, -0.2) is 18.2 Å². The van der Waals surface area contributed by atoms with E-state index in [1.54, 1.807) is 12.1 Å². The van der Waals surface area contributed by atoms with E-state index in [9.17, 15) is 5.11 Å². The van der Waals surface area contributed by atoms with E-state index in [2.05, 4.69) is 4.90 Å². The average molecular weight is 212 g/mol. The van der Waals surface area contributed by atoms with Crippen LogP contribution in [0.4, 0.5) is 5.69 Å². The third kappa shape index (κ3) is 1.95. The second-order valence-electron chi connectivity index (χ2n) is 3.68. The summed E-state index contributed by atoms with van der Waals surface area (Å²) in [6, 6.07) is 5.18. The van der Waals surface area contributed by atoms with Crippen LogP contribution in [0.2, 0.25) is 5.02 Å². The van der Waals surface area contributed by atoms with E-state index in [4.69, 9.17) is 11.6 Å². The molecule has 0 unspecified atom stereocenters. The van der Waals surface area contributed by atoms with Gasteiger partial charge in [0.25, 0.3) is 0 Å². The van der Waals surface area contributed by atoms with Gasteiger partial charge in [-0.2, -0.15) is 0 Å². The molecule has 0 atom stereocenters. The lowest BCUT2D eigenvalue weighted by Gasteiger charge is -2.29. The second-order valence-corrected chi connectivity index (χ2v) is 4.09. The van der Waals surface area contributed by atoms with Crippen molar-refractivity contribution in [3.8, 4) is 5.75 Å². The fraction of sp³-hybridized carbons (Fsp3) is 0.455. The SMILES string of the molecule is Oc1ccc(N2CCCCC2)c(Cl)c1. The number of aromatic hydroxyl groups is 1. The Morgan fingerprint density at radius 2 is 1.86 bits per heavy atom. The lowest BCUT2D eigenvalue weighted by Crippen LogP contribution is -2.29. The fourth-order valence-electron chi connectivity index (χ4n) is 1.89. The van der Waals surface area contributed by atoms with E-state index in [1.165, 1.54) is 19.3 Å². The molecular weight excluding hydrogens is 198 g/mol. The van der Waals surface area contributed by atoms with Crippen LogP contribution in [0.15, 0.2) is 18.2 Å². The summed E-state index contributed by atoms with van der Waals surface area (Å²) in [6.07, 6.45) is 3.78. The number of benzene rings is 1. The van der Waals surface area contributed by atoms with Crippen LogP contribution < -0.4 is 4.90 Å². The molecule has 2 rings (SSSR count). The van der Waals surface area contributed by atoms with Crippen molar-refractivity contribution >= 4 is 17.3 Å². The standard InChI is InChI=1S/C11H14ClNO/c12-10-8-9(14)4-5-11(10)13-6-2-1-3-7-13/h4-5,8,14H,1-3,6-7H2. The largest absolute Gasteiger partial charge is 0.508 e. The number of anilines is 1. The molecule has 0 radical (unpaired) electrons. The summed E-state index contributed by atoms with van der Waals surface area (Å²) < 4.78 is 0. The number of piperidine rings is 1. The quantitative estimate of drug-likeness (QED) is 0.772. The number of halogens is 1. The second kappa shape index (κ2) is 4.09. The maximum Gasteiger partial charge on any atom is 0.117 e. The van der Waals surface area contributed by atoms with Crippen LogP contribution in [0, 0.1) is 0 Å². The van der Waals surface area contributed by atoms with Crippen LogP contribution in [0.5, 0.6) is 5.75 Å². The zero-order chi connectivity index (χ0) is 9.97. The molecule has 14 heavy (non-hydrogen) atoms. The highest BCUT2D eigenvalue weighted by atomic mass is 35.5. The van der Waals surface area contributed by atoms with Gasteiger partial charge in [0.1, 0.15) is 5.75 Å². The number of rotatable bonds is 1. The first-order valence-corrected chi connectivity index (χ1v) is 5.38. The van der Waals surface area contributed by atoms with Gasteiger partial charge < -0.3 is 10.0 Å². The lowest BCUT2D eigenvalue weighted by atomic mass is 10.1. The van der Waals surface area contributed by atoms with Crippen LogP contribution in [0.1, 0.15) is 19.3 Å². The molecule has 1 aromatic carbocycles. The molecule has 1 saturated heterocycles. The molecule has 76 valence electrons. The van der Waals surface area contributed by atoms with Crippen molar-refractivity contribution in [3.63, 3.8) is 0 Å². The Hall–Kier alpha value is -0.890. The molecule has 0 bridgehead atoms. The van der Waals surface area contributed by atoms with E-state index in [-0.39, 0.29) is 5.75 Å². The van der Waals surface area contributed by atoms with Crippen molar-refractivity contribution in [2.24, 2.45) is 0 Å². The smallest absolute Gasteiger partial charge is 0.117 e. The lowest BCUT2D eigenvalue weighted by molar-refractivity contribution is 0.475. The Balaban J connectivity index is 2.22. The molecule has 1 fully saturated rings. The predicted octanol–water partition coefficient (Wildman–Crippen LogP) is 3.04. The van der Waals surface area contributed by atoms with Crippen LogP contribution in [0.3, 0.4) is 0 Å². The highest BCUT2D eigenvalue weighted by Crippen LogP contribution is 2.30. The topological polar surface area (TPSA) is 23.5 Å². The molecule has 0 amide bonds. The van der Waals surface area contributed by atoms with Gasteiger partial charge in [0, 0.05) is 19.2 Å². The maximum atomic E-state index is 9.23. The summed E-state index contributed by atoms with van der Waals surface area (Å²) in [5, 5.41) is 9.88. The highest BCUT2D eigenvalue weighted by molar-refractivity contribution is 6.33. The molecule has 0 saturated carbocycles. The van der Waals surface area contributed by atoms with Crippen molar-refractivity contribution in [2.45, 2.75) is 19.3 Å². The predicted molar refractivity (Wildman–Crippen MR) is 59.2 cm³/mol. The first kappa shape index (κ1) is 9.66. The summed E-state index contributed by atoms with van der Waals surface area (Å²) in [7, 11) is 0. The molecule has 0 aromatic heterocycles. The van der Waals surface area contributed by atoms with E-state index < -0.39 is 0 Å². The van der Waals surface area contributed by atoms with Gasteiger partial charge in [-0.3, -0.25) is 0 Å². The van der Waals surface area contributed by atoms with E-state index in [0.29, 0.717) is 5.02 Å². The molecule has 1 aromatic rings. The number of hydrogen-bond acceptors (Lipinski definition) is 2. The van der Waals surface area contributed by atoms with Crippen molar-refractivity contribution in [3.05, 3.63) is 23.2 Å².